The summed E-state index contributed by atoms with van der Waals surface area (Å²) < 4.78 is 20.9. The fourth-order valence-corrected chi connectivity index (χ4v) is 1.51. The molecule has 0 N–H and O–H groups in total. The first-order valence-corrected chi connectivity index (χ1v) is 4.80. The average molecular weight is 200 g/mol. The van der Waals surface area contributed by atoms with Gasteiger partial charge in [-0.05, 0) is 6.42 Å². The summed E-state index contributed by atoms with van der Waals surface area (Å²) in [6, 6.07) is -0.433. The van der Waals surface area contributed by atoms with Gasteiger partial charge in [-0.15, -0.1) is 0 Å². The van der Waals surface area contributed by atoms with E-state index in [1.165, 1.54) is 0 Å². The second kappa shape index (κ2) is 6.40. The van der Waals surface area contributed by atoms with Gasteiger partial charge in [-0.3, -0.25) is 0 Å². The number of hydrogen-bond acceptors (Lipinski definition) is 4. The van der Waals surface area contributed by atoms with Crippen molar-refractivity contribution >= 4 is 7.85 Å². The van der Waals surface area contributed by atoms with Gasteiger partial charge in [0.25, 0.3) is 0 Å². The Hall–Kier alpha value is -0.0951. The zero-order valence-electron chi connectivity index (χ0n) is 8.77. The highest BCUT2D eigenvalue weighted by Crippen LogP contribution is 2.19. The molecule has 0 spiro atoms. The average Bonchev–Trinajstić information content (AvgIpc) is 2.65. The highest BCUT2D eigenvalue weighted by molar-refractivity contribution is 6.11. The summed E-state index contributed by atoms with van der Waals surface area (Å²) in [6.07, 6.45) is 0.770. The topological polar surface area (TPSA) is 36.9 Å². The van der Waals surface area contributed by atoms with Crippen molar-refractivity contribution < 1.29 is 18.9 Å². The second-order valence-corrected chi connectivity index (χ2v) is 3.23. The first kappa shape index (κ1) is 12.0. The van der Waals surface area contributed by atoms with Crippen LogP contribution in [0.1, 0.15) is 6.42 Å². The summed E-state index contributed by atoms with van der Waals surface area (Å²) >= 11 is 0. The first-order valence-electron chi connectivity index (χ1n) is 4.80. The molecule has 0 aromatic rings. The van der Waals surface area contributed by atoms with Crippen molar-refractivity contribution in [3.05, 3.63) is 0 Å². The van der Waals surface area contributed by atoms with Crippen LogP contribution in [0.4, 0.5) is 0 Å². The molecule has 14 heavy (non-hydrogen) atoms. The first-order chi connectivity index (χ1) is 6.79. The van der Waals surface area contributed by atoms with Crippen LogP contribution in [-0.2, 0) is 18.9 Å². The molecule has 2 radical (unpaired) electrons. The third-order valence-electron chi connectivity index (χ3n) is 2.30. The Kier molecular flexibility index (Phi) is 5.48. The van der Waals surface area contributed by atoms with E-state index in [4.69, 9.17) is 26.8 Å². The molecule has 0 bridgehead atoms. The molecule has 0 aromatic carbocycles. The second-order valence-electron chi connectivity index (χ2n) is 3.23. The zero-order valence-corrected chi connectivity index (χ0v) is 8.77. The molecule has 0 aliphatic carbocycles. The highest BCUT2D eigenvalue weighted by atomic mass is 16.6. The minimum absolute atomic E-state index is 0.0487. The molecule has 80 valence electrons. The number of methoxy groups -OCH3 is 2. The molecular formula is C9H17BO4. The van der Waals surface area contributed by atoms with Gasteiger partial charge >= 0.3 is 0 Å². The van der Waals surface area contributed by atoms with Crippen LogP contribution >= 0.6 is 0 Å². The smallest absolute Gasteiger partial charge is 0.112 e. The van der Waals surface area contributed by atoms with E-state index in [2.05, 4.69) is 0 Å². The fourth-order valence-electron chi connectivity index (χ4n) is 1.51. The van der Waals surface area contributed by atoms with Gasteiger partial charge in [0.15, 0.2) is 0 Å². The van der Waals surface area contributed by atoms with E-state index < -0.39 is 6.00 Å². The predicted molar refractivity (Wildman–Crippen MR) is 52.5 cm³/mol. The van der Waals surface area contributed by atoms with Crippen molar-refractivity contribution in [2.75, 3.05) is 34.0 Å². The summed E-state index contributed by atoms with van der Waals surface area (Å²) in [7, 11) is 9.09. The van der Waals surface area contributed by atoms with Crippen LogP contribution in [0.15, 0.2) is 0 Å². The normalized spacial score (nSPS) is 29.3. The molecule has 4 nitrogen and oxygen atoms in total. The van der Waals surface area contributed by atoms with Crippen molar-refractivity contribution in [3.63, 3.8) is 0 Å². The van der Waals surface area contributed by atoms with Gasteiger partial charge < -0.3 is 18.9 Å². The lowest BCUT2D eigenvalue weighted by molar-refractivity contribution is -0.0629. The van der Waals surface area contributed by atoms with Gasteiger partial charge in [0.1, 0.15) is 14.0 Å². The molecular weight excluding hydrogens is 183 g/mol. The molecule has 0 amide bonds. The zero-order chi connectivity index (χ0) is 10.4. The Morgan fingerprint density at radius 3 is 2.86 bits per heavy atom. The van der Waals surface area contributed by atoms with E-state index in [1.807, 2.05) is 0 Å². The van der Waals surface area contributed by atoms with E-state index in [0.717, 1.165) is 6.42 Å². The Balaban J connectivity index is 2.24. The summed E-state index contributed by atoms with van der Waals surface area (Å²) in [5.41, 5.74) is 0. The molecule has 0 aromatic heterocycles. The van der Waals surface area contributed by atoms with E-state index in [9.17, 15) is 0 Å². The third kappa shape index (κ3) is 3.24. The summed E-state index contributed by atoms with van der Waals surface area (Å²) in [5.74, 6) is 0. The summed E-state index contributed by atoms with van der Waals surface area (Å²) in [4.78, 5) is 0. The van der Waals surface area contributed by atoms with Gasteiger partial charge in [-0.1, -0.05) is 0 Å². The van der Waals surface area contributed by atoms with Crippen LogP contribution in [-0.4, -0.2) is 60.1 Å². The maximum absolute atomic E-state index is 5.80. The molecule has 1 aliphatic heterocycles. The molecule has 1 aliphatic rings. The largest absolute Gasteiger partial charge is 0.383 e. The van der Waals surface area contributed by atoms with Crippen molar-refractivity contribution in [2.45, 2.75) is 24.6 Å². The highest BCUT2D eigenvalue weighted by Gasteiger charge is 2.32. The SMILES string of the molecule is [B][C@H](OCCOC)C1OCCC1OC. The van der Waals surface area contributed by atoms with Crippen LogP contribution in [0, 0.1) is 0 Å². The minimum atomic E-state index is -0.433. The van der Waals surface area contributed by atoms with Crippen LogP contribution in [0.2, 0.25) is 0 Å². The fraction of sp³-hybridized carbons (Fsp3) is 1.00. The minimum Gasteiger partial charge on any atom is -0.383 e. The lowest BCUT2D eigenvalue weighted by Gasteiger charge is -2.24. The van der Waals surface area contributed by atoms with Crippen molar-refractivity contribution in [2.24, 2.45) is 0 Å². The van der Waals surface area contributed by atoms with Crippen LogP contribution in [0.5, 0.6) is 0 Å². The number of hydrogen-bond donors (Lipinski definition) is 0. The van der Waals surface area contributed by atoms with E-state index in [0.29, 0.717) is 19.8 Å². The lowest BCUT2D eigenvalue weighted by atomic mass is 9.91. The predicted octanol–water partition coefficient (Wildman–Crippen LogP) is -0.0521. The quantitative estimate of drug-likeness (QED) is 0.445. The molecule has 1 heterocycles. The van der Waals surface area contributed by atoms with Crippen molar-refractivity contribution in [1.29, 1.82) is 0 Å². The van der Waals surface area contributed by atoms with Crippen molar-refractivity contribution in [1.82, 2.24) is 0 Å². The Morgan fingerprint density at radius 2 is 2.21 bits per heavy atom. The standard InChI is InChI=1S/C9H17BO4/c1-11-5-6-14-9(10)8-7(12-2)3-4-13-8/h7-9H,3-6H2,1-2H3/t7?,8?,9-/m1/s1. The molecule has 5 heteroatoms. The molecule has 1 rings (SSSR count). The van der Waals surface area contributed by atoms with Gasteiger partial charge in [0, 0.05) is 26.8 Å². The maximum atomic E-state index is 5.80. The van der Waals surface area contributed by atoms with Gasteiger partial charge in [0.05, 0.1) is 19.3 Å². The molecule has 0 saturated carbocycles. The van der Waals surface area contributed by atoms with E-state index >= 15 is 0 Å². The van der Waals surface area contributed by atoms with Gasteiger partial charge in [0.2, 0.25) is 0 Å². The van der Waals surface area contributed by atoms with Crippen LogP contribution in [0.25, 0.3) is 0 Å². The Labute approximate surface area is 86.3 Å². The third-order valence-corrected chi connectivity index (χ3v) is 2.30. The lowest BCUT2D eigenvalue weighted by Crippen LogP contribution is -2.38. The monoisotopic (exact) mass is 200 g/mol. The van der Waals surface area contributed by atoms with Crippen molar-refractivity contribution in [3.8, 4) is 0 Å². The summed E-state index contributed by atoms with van der Waals surface area (Å²) in [6.45, 7) is 1.70. The maximum Gasteiger partial charge on any atom is 0.112 e. The van der Waals surface area contributed by atoms with Crippen LogP contribution < -0.4 is 0 Å². The van der Waals surface area contributed by atoms with Gasteiger partial charge in [-0.25, -0.2) is 0 Å². The van der Waals surface area contributed by atoms with Crippen LogP contribution in [0.3, 0.4) is 0 Å². The Bertz CT molecular complexity index is 156. The number of ether oxygens (including phenoxy) is 4. The molecule has 2 unspecified atom stereocenters. The molecule has 3 atom stereocenters. The van der Waals surface area contributed by atoms with E-state index in [-0.39, 0.29) is 12.2 Å². The number of rotatable bonds is 6. The molecule has 1 fully saturated rings. The van der Waals surface area contributed by atoms with Gasteiger partial charge in [-0.2, -0.15) is 0 Å². The molecule has 1 saturated heterocycles. The van der Waals surface area contributed by atoms with E-state index in [1.54, 1.807) is 14.2 Å². The Morgan fingerprint density at radius 1 is 1.43 bits per heavy atom. The summed E-state index contributed by atoms with van der Waals surface area (Å²) in [5, 5.41) is 0.